The van der Waals surface area contributed by atoms with Gasteiger partial charge in [-0.05, 0) is 54.4 Å². The van der Waals surface area contributed by atoms with Crippen molar-refractivity contribution in [2.75, 3.05) is 0 Å². The van der Waals surface area contributed by atoms with Gasteiger partial charge < -0.3 is 9.52 Å². The first kappa shape index (κ1) is 18.2. The van der Waals surface area contributed by atoms with Crippen LogP contribution in [-0.2, 0) is 6.42 Å². The van der Waals surface area contributed by atoms with Crippen molar-refractivity contribution in [3.63, 3.8) is 0 Å². The summed E-state index contributed by atoms with van der Waals surface area (Å²) in [6.07, 6.45) is 0.401. The van der Waals surface area contributed by atoms with Crippen molar-refractivity contribution >= 4 is 28.5 Å². The first-order valence-electron chi connectivity index (χ1n) is 8.70. The number of carbonyl (C=O) groups is 1. The van der Waals surface area contributed by atoms with Crippen LogP contribution >= 0.6 is 11.6 Å². The molecule has 0 aliphatic rings. The van der Waals surface area contributed by atoms with Gasteiger partial charge in [0.05, 0.1) is 16.1 Å². The molecule has 28 heavy (non-hydrogen) atoms. The van der Waals surface area contributed by atoms with Crippen molar-refractivity contribution in [2.24, 2.45) is 0 Å². The second-order valence-electron chi connectivity index (χ2n) is 6.28. The Hall–Kier alpha value is -3.18. The van der Waals surface area contributed by atoms with Crippen molar-refractivity contribution in [3.8, 4) is 22.8 Å². The van der Waals surface area contributed by atoms with E-state index in [1.807, 2.05) is 25.1 Å². The Balaban J connectivity index is 1.96. The molecule has 0 aliphatic heterocycles. The lowest BCUT2D eigenvalue weighted by molar-refractivity contribution is 0.0698. The molecule has 0 unspecified atom stereocenters. The zero-order chi connectivity index (χ0) is 19.8. The highest BCUT2D eigenvalue weighted by Crippen LogP contribution is 2.36. The van der Waals surface area contributed by atoms with Gasteiger partial charge in [0, 0.05) is 10.9 Å². The van der Waals surface area contributed by atoms with E-state index >= 15 is 0 Å². The largest absolute Gasteiger partial charge is 0.478 e. The van der Waals surface area contributed by atoms with Gasteiger partial charge in [-0.3, -0.25) is 0 Å². The van der Waals surface area contributed by atoms with Crippen LogP contribution in [0.4, 0.5) is 4.39 Å². The second-order valence-corrected chi connectivity index (χ2v) is 6.69. The lowest BCUT2D eigenvalue weighted by Crippen LogP contribution is -2.07. The van der Waals surface area contributed by atoms with Crippen LogP contribution in [0.15, 0.2) is 59.0 Å². The molecular weight excluding hydrogens is 381 g/mol. The number of carboxylic acids is 1. The van der Waals surface area contributed by atoms with Gasteiger partial charge >= 0.3 is 5.97 Å². The molecule has 1 N–H and O–H groups in total. The minimum Gasteiger partial charge on any atom is -0.478 e. The summed E-state index contributed by atoms with van der Waals surface area (Å²) >= 11 is 6.24. The number of hydrogen-bond donors (Lipinski definition) is 1. The highest BCUT2D eigenvalue weighted by Gasteiger charge is 2.22. The Morgan fingerprint density at radius 1 is 1.14 bits per heavy atom. The maximum atomic E-state index is 13.7. The van der Waals surface area contributed by atoms with E-state index in [2.05, 4.69) is 4.98 Å². The number of rotatable bonds is 4. The molecular formula is C22H15ClFNO3. The summed E-state index contributed by atoms with van der Waals surface area (Å²) in [6.45, 7) is 1.83. The summed E-state index contributed by atoms with van der Waals surface area (Å²) in [6, 6.07) is 14.7. The van der Waals surface area contributed by atoms with E-state index in [9.17, 15) is 14.3 Å². The summed E-state index contributed by atoms with van der Waals surface area (Å²) in [7, 11) is 0. The van der Waals surface area contributed by atoms with Gasteiger partial charge in [-0.25, -0.2) is 14.2 Å². The number of hydrogen-bond acceptors (Lipinski definition) is 3. The van der Waals surface area contributed by atoms with E-state index in [0.717, 1.165) is 5.56 Å². The first-order chi connectivity index (χ1) is 13.5. The Kier molecular flexibility index (Phi) is 4.61. The highest BCUT2D eigenvalue weighted by atomic mass is 35.5. The van der Waals surface area contributed by atoms with Gasteiger partial charge in [-0.2, -0.15) is 0 Å². The normalized spacial score (nSPS) is 11.1. The van der Waals surface area contributed by atoms with Crippen LogP contribution in [0.2, 0.25) is 5.02 Å². The number of aromatic carboxylic acids is 1. The van der Waals surface area contributed by atoms with Crippen LogP contribution in [0, 0.1) is 5.82 Å². The Bertz CT molecular complexity index is 1220. The quantitative estimate of drug-likeness (QED) is 0.446. The number of aromatic nitrogens is 1. The third kappa shape index (κ3) is 3.04. The number of carboxylic acid groups (broad SMARTS) is 1. The average Bonchev–Trinajstić information content (AvgIpc) is 3.16. The molecule has 0 atom stereocenters. The lowest BCUT2D eigenvalue weighted by atomic mass is 9.97. The molecule has 2 aromatic carbocycles. The summed E-state index contributed by atoms with van der Waals surface area (Å²) < 4.78 is 19.7. The molecule has 0 amide bonds. The van der Waals surface area contributed by atoms with Crippen molar-refractivity contribution in [1.29, 1.82) is 0 Å². The number of furan rings is 1. The molecule has 4 aromatic rings. The van der Waals surface area contributed by atoms with E-state index in [4.69, 9.17) is 16.0 Å². The predicted octanol–water partition coefficient (Wildman–Crippen LogP) is 6.21. The summed E-state index contributed by atoms with van der Waals surface area (Å²) in [5.74, 6) is -0.652. The summed E-state index contributed by atoms with van der Waals surface area (Å²) in [5, 5.41) is 10.6. The number of fused-ring (bicyclic) bond motifs is 1. The lowest BCUT2D eigenvalue weighted by Gasteiger charge is -2.12. The number of nitrogens with zero attached hydrogens (tertiary/aromatic N) is 1. The Labute approximate surface area is 165 Å². The van der Waals surface area contributed by atoms with Gasteiger partial charge in [-0.1, -0.05) is 30.7 Å². The molecule has 0 radical (unpaired) electrons. The topological polar surface area (TPSA) is 63.3 Å². The third-order valence-corrected chi connectivity index (χ3v) is 4.92. The fourth-order valence-electron chi connectivity index (χ4n) is 3.34. The molecule has 2 aromatic heterocycles. The smallest absolute Gasteiger partial charge is 0.336 e. The maximum Gasteiger partial charge on any atom is 0.336 e. The molecule has 6 heteroatoms. The number of benzene rings is 2. The van der Waals surface area contributed by atoms with E-state index in [0.29, 0.717) is 39.7 Å². The van der Waals surface area contributed by atoms with Crippen LogP contribution < -0.4 is 0 Å². The maximum absolute atomic E-state index is 13.7. The second kappa shape index (κ2) is 7.09. The van der Waals surface area contributed by atoms with Gasteiger partial charge in [0.1, 0.15) is 17.3 Å². The fraction of sp³-hybridized carbons (Fsp3) is 0.0909. The zero-order valence-corrected chi connectivity index (χ0v) is 15.6. The Morgan fingerprint density at radius 3 is 2.61 bits per heavy atom. The molecule has 0 aliphatic carbocycles. The van der Waals surface area contributed by atoms with Gasteiger partial charge in [0.15, 0.2) is 5.76 Å². The van der Waals surface area contributed by atoms with E-state index < -0.39 is 11.8 Å². The van der Waals surface area contributed by atoms with Crippen molar-refractivity contribution in [2.45, 2.75) is 13.3 Å². The van der Waals surface area contributed by atoms with E-state index in [1.165, 1.54) is 18.2 Å². The molecule has 4 rings (SSSR count). The predicted molar refractivity (Wildman–Crippen MR) is 106 cm³/mol. The zero-order valence-electron chi connectivity index (χ0n) is 14.9. The van der Waals surface area contributed by atoms with Gasteiger partial charge in [-0.15, -0.1) is 0 Å². The van der Waals surface area contributed by atoms with E-state index in [1.54, 1.807) is 18.2 Å². The SMILES string of the molecule is CCc1c(-c2ccc(-c3ccccc3Cl)o2)nc2ccc(F)cc2c1C(=O)O. The molecule has 4 nitrogen and oxygen atoms in total. The minimum absolute atomic E-state index is 0.0395. The average molecular weight is 396 g/mol. The molecule has 2 heterocycles. The molecule has 0 fully saturated rings. The van der Waals surface area contributed by atoms with Crippen LogP contribution in [0.25, 0.3) is 33.7 Å². The number of halogens is 2. The summed E-state index contributed by atoms with van der Waals surface area (Å²) in [5.41, 5.74) is 2.08. The van der Waals surface area contributed by atoms with Crippen LogP contribution in [0.5, 0.6) is 0 Å². The van der Waals surface area contributed by atoms with E-state index in [-0.39, 0.29) is 10.9 Å². The van der Waals surface area contributed by atoms with Crippen LogP contribution in [-0.4, -0.2) is 16.1 Å². The minimum atomic E-state index is -1.13. The molecule has 0 spiro atoms. The standard InChI is InChI=1S/C22H15ClFNO3/c1-2-13-20(22(26)27)15-11-12(24)7-8-17(15)25-21(13)19-10-9-18(28-19)14-5-3-4-6-16(14)23/h3-11H,2H2,1H3,(H,26,27). The highest BCUT2D eigenvalue weighted by molar-refractivity contribution is 6.33. The first-order valence-corrected chi connectivity index (χ1v) is 9.08. The monoisotopic (exact) mass is 395 g/mol. The van der Waals surface area contributed by atoms with Crippen molar-refractivity contribution in [1.82, 2.24) is 4.98 Å². The number of pyridine rings is 1. The van der Waals surface area contributed by atoms with Gasteiger partial charge in [0.25, 0.3) is 0 Å². The van der Waals surface area contributed by atoms with Crippen molar-refractivity contribution in [3.05, 3.63) is 76.6 Å². The molecule has 140 valence electrons. The Morgan fingerprint density at radius 2 is 1.89 bits per heavy atom. The van der Waals surface area contributed by atoms with Gasteiger partial charge in [0.2, 0.25) is 0 Å². The molecule has 0 saturated carbocycles. The van der Waals surface area contributed by atoms with Crippen LogP contribution in [0.3, 0.4) is 0 Å². The molecule has 0 bridgehead atoms. The van der Waals surface area contributed by atoms with Crippen LogP contribution in [0.1, 0.15) is 22.8 Å². The molecule has 0 saturated heterocycles. The fourth-order valence-corrected chi connectivity index (χ4v) is 3.57. The third-order valence-electron chi connectivity index (χ3n) is 4.59. The summed E-state index contributed by atoms with van der Waals surface area (Å²) in [4.78, 5) is 16.5. The van der Waals surface area contributed by atoms with Crippen molar-refractivity contribution < 1.29 is 18.7 Å².